The third-order valence-corrected chi connectivity index (χ3v) is 1.14. The zero-order valence-electron chi connectivity index (χ0n) is 5.30. The molecule has 0 aliphatic carbocycles. The van der Waals surface area contributed by atoms with Crippen molar-refractivity contribution in [2.75, 3.05) is 6.61 Å². The van der Waals surface area contributed by atoms with Crippen LogP contribution in [0, 0.1) is 0 Å². The molecule has 0 spiro atoms. The van der Waals surface area contributed by atoms with Gasteiger partial charge in [0.1, 0.15) is 6.10 Å². The van der Waals surface area contributed by atoms with E-state index in [1.54, 1.807) is 0 Å². The lowest BCUT2D eigenvalue weighted by Crippen LogP contribution is -2.12. The van der Waals surface area contributed by atoms with Crippen LogP contribution in [0.4, 0.5) is 0 Å². The molecule has 0 fully saturated rings. The summed E-state index contributed by atoms with van der Waals surface area (Å²) >= 11 is 0. The van der Waals surface area contributed by atoms with Crippen molar-refractivity contribution < 1.29 is 29.0 Å². The van der Waals surface area contributed by atoms with Gasteiger partial charge in [0, 0.05) is 0 Å². The zero-order chi connectivity index (χ0) is 8.20. The van der Waals surface area contributed by atoms with E-state index >= 15 is 0 Å². The highest BCUT2D eigenvalue weighted by atomic mass is 31.2. The number of rotatable bonds is 4. The molecule has 0 aromatic carbocycles. The third kappa shape index (κ3) is 6.15. The molecular weight excluding hydrogens is 163 g/mol. The fourth-order valence-corrected chi connectivity index (χ4v) is 0.637. The van der Waals surface area contributed by atoms with E-state index < -0.39 is 13.9 Å². The van der Waals surface area contributed by atoms with Gasteiger partial charge in [0.2, 0.25) is 0 Å². The van der Waals surface area contributed by atoms with Gasteiger partial charge in [-0.15, -0.1) is 0 Å². The van der Waals surface area contributed by atoms with Gasteiger partial charge in [-0.3, -0.25) is 9.78 Å². The summed E-state index contributed by atoms with van der Waals surface area (Å²) in [6.07, 6.45) is -0.743. The summed E-state index contributed by atoms with van der Waals surface area (Å²) in [5.74, 6) is 0. The SMILES string of the molecule is CC(COP(=O)(O)O)OO. The molecule has 10 heavy (non-hydrogen) atoms. The molecule has 0 aliphatic heterocycles. The van der Waals surface area contributed by atoms with Gasteiger partial charge in [-0.1, -0.05) is 0 Å². The monoisotopic (exact) mass is 172 g/mol. The molecule has 0 saturated heterocycles. The fourth-order valence-electron chi connectivity index (χ4n) is 0.232. The summed E-state index contributed by atoms with van der Waals surface area (Å²) < 4.78 is 14.0. The lowest BCUT2D eigenvalue weighted by atomic mass is 10.5. The predicted octanol–water partition coefficient (Wildman–Crippen LogP) is -0.0262. The van der Waals surface area contributed by atoms with Crippen LogP contribution in [0.5, 0.6) is 0 Å². The lowest BCUT2D eigenvalue weighted by molar-refractivity contribution is -0.278. The first-order valence-electron chi connectivity index (χ1n) is 2.46. The van der Waals surface area contributed by atoms with Gasteiger partial charge < -0.3 is 9.79 Å². The Labute approximate surface area is 57.6 Å². The summed E-state index contributed by atoms with van der Waals surface area (Å²) in [5, 5.41) is 7.90. The first-order valence-corrected chi connectivity index (χ1v) is 3.99. The molecule has 0 saturated carbocycles. The molecule has 0 heterocycles. The van der Waals surface area contributed by atoms with Crippen molar-refractivity contribution in [3.63, 3.8) is 0 Å². The summed E-state index contributed by atoms with van der Waals surface area (Å²) in [5.41, 5.74) is 0. The second-order valence-corrected chi connectivity index (χ2v) is 2.94. The lowest BCUT2D eigenvalue weighted by Gasteiger charge is -2.08. The van der Waals surface area contributed by atoms with Gasteiger partial charge in [0.15, 0.2) is 0 Å². The van der Waals surface area contributed by atoms with Crippen LogP contribution in [0.2, 0.25) is 0 Å². The van der Waals surface area contributed by atoms with Crippen LogP contribution in [-0.4, -0.2) is 27.8 Å². The molecule has 0 bridgehead atoms. The maximum Gasteiger partial charge on any atom is 0.469 e. The van der Waals surface area contributed by atoms with Gasteiger partial charge in [-0.2, -0.15) is 0 Å². The largest absolute Gasteiger partial charge is 0.469 e. The molecule has 6 nitrogen and oxygen atoms in total. The molecular formula is C3H9O6P. The predicted molar refractivity (Wildman–Crippen MR) is 31.2 cm³/mol. The van der Waals surface area contributed by atoms with E-state index in [4.69, 9.17) is 15.0 Å². The quantitative estimate of drug-likeness (QED) is 0.313. The van der Waals surface area contributed by atoms with Crippen LogP contribution in [0.15, 0.2) is 0 Å². The van der Waals surface area contributed by atoms with Crippen molar-refractivity contribution in [1.29, 1.82) is 0 Å². The minimum absolute atomic E-state index is 0.346. The molecule has 0 aromatic heterocycles. The van der Waals surface area contributed by atoms with Crippen molar-refractivity contribution in [3.8, 4) is 0 Å². The topological polar surface area (TPSA) is 96.2 Å². The minimum Gasteiger partial charge on any atom is -0.303 e. The van der Waals surface area contributed by atoms with E-state index in [2.05, 4.69) is 9.41 Å². The average molecular weight is 172 g/mol. The second kappa shape index (κ2) is 4.02. The number of hydrogen-bond acceptors (Lipinski definition) is 4. The van der Waals surface area contributed by atoms with Gasteiger partial charge in [0.25, 0.3) is 0 Å². The van der Waals surface area contributed by atoms with Crippen molar-refractivity contribution >= 4 is 7.82 Å². The molecule has 0 aliphatic rings. The summed E-state index contributed by atoms with van der Waals surface area (Å²) in [6.45, 7) is 1.05. The fraction of sp³-hybridized carbons (Fsp3) is 1.00. The standard InChI is InChI=1S/C3H9O6P/c1-3(9-4)2-8-10(5,6)7/h3-4H,2H2,1H3,(H2,5,6,7). The van der Waals surface area contributed by atoms with Crippen LogP contribution >= 0.6 is 7.82 Å². The highest BCUT2D eigenvalue weighted by Gasteiger charge is 2.15. The second-order valence-electron chi connectivity index (χ2n) is 1.70. The molecule has 1 atom stereocenters. The van der Waals surface area contributed by atoms with Crippen LogP contribution in [0.25, 0.3) is 0 Å². The Balaban J connectivity index is 3.46. The highest BCUT2D eigenvalue weighted by Crippen LogP contribution is 2.35. The van der Waals surface area contributed by atoms with E-state index in [1.807, 2.05) is 0 Å². The van der Waals surface area contributed by atoms with Crippen LogP contribution < -0.4 is 0 Å². The Bertz CT molecular complexity index is 129. The minimum atomic E-state index is -4.42. The van der Waals surface area contributed by atoms with Crippen LogP contribution in [0.1, 0.15) is 6.92 Å². The molecule has 0 aromatic rings. The smallest absolute Gasteiger partial charge is 0.303 e. The Morgan fingerprint density at radius 3 is 2.40 bits per heavy atom. The molecule has 3 N–H and O–H groups in total. The molecule has 0 rings (SSSR count). The summed E-state index contributed by atoms with van der Waals surface area (Å²) in [7, 11) is -4.42. The van der Waals surface area contributed by atoms with E-state index in [-0.39, 0.29) is 6.61 Å². The molecule has 62 valence electrons. The molecule has 0 radical (unpaired) electrons. The summed E-state index contributed by atoms with van der Waals surface area (Å²) in [6, 6.07) is 0. The first kappa shape index (κ1) is 10.0. The third-order valence-electron chi connectivity index (χ3n) is 0.657. The van der Waals surface area contributed by atoms with Crippen molar-refractivity contribution in [2.45, 2.75) is 13.0 Å². The van der Waals surface area contributed by atoms with E-state index in [1.165, 1.54) is 6.92 Å². The Morgan fingerprint density at radius 1 is 1.60 bits per heavy atom. The van der Waals surface area contributed by atoms with E-state index in [0.717, 1.165) is 0 Å². The van der Waals surface area contributed by atoms with Crippen molar-refractivity contribution in [1.82, 2.24) is 0 Å². The first-order chi connectivity index (χ1) is 4.45. The Hall–Kier alpha value is 0.0300. The molecule has 1 unspecified atom stereocenters. The van der Waals surface area contributed by atoms with Gasteiger partial charge in [-0.25, -0.2) is 9.45 Å². The average Bonchev–Trinajstić information content (AvgIpc) is 1.81. The van der Waals surface area contributed by atoms with Crippen LogP contribution in [0.3, 0.4) is 0 Å². The van der Waals surface area contributed by atoms with Crippen molar-refractivity contribution in [2.24, 2.45) is 0 Å². The van der Waals surface area contributed by atoms with E-state index in [0.29, 0.717) is 0 Å². The summed E-state index contributed by atoms with van der Waals surface area (Å²) in [4.78, 5) is 19.9. The maximum atomic E-state index is 9.99. The highest BCUT2D eigenvalue weighted by molar-refractivity contribution is 7.46. The van der Waals surface area contributed by atoms with Gasteiger partial charge in [-0.05, 0) is 6.92 Å². The van der Waals surface area contributed by atoms with Crippen molar-refractivity contribution in [3.05, 3.63) is 0 Å². The number of hydrogen-bond donors (Lipinski definition) is 3. The van der Waals surface area contributed by atoms with Crippen LogP contribution in [-0.2, 0) is 14.0 Å². The number of phosphoric acid groups is 1. The molecule has 0 amide bonds. The maximum absolute atomic E-state index is 9.99. The Morgan fingerprint density at radius 2 is 2.10 bits per heavy atom. The van der Waals surface area contributed by atoms with Gasteiger partial charge in [0.05, 0.1) is 6.61 Å². The zero-order valence-corrected chi connectivity index (χ0v) is 6.19. The normalized spacial score (nSPS) is 15.2. The van der Waals surface area contributed by atoms with Gasteiger partial charge >= 0.3 is 7.82 Å². The Kier molecular flexibility index (Phi) is 4.04. The van der Waals surface area contributed by atoms with E-state index in [9.17, 15) is 4.57 Å². The number of phosphoric ester groups is 1. The molecule has 7 heteroatoms.